The molecule has 0 aliphatic rings. The molecule has 3 rings (SSSR count). The van der Waals surface area contributed by atoms with Gasteiger partial charge in [0.2, 0.25) is 5.95 Å². The largest absolute Gasteiger partial charge is 0.382 e. The minimum atomic E-state index is -3.09. The van der Waals surface area contributed by atoms with E-state index in [0.717, 1.165) is 27.7 Å². The Balaban J connectivity index is 1.55. The van der Waals surface area contributed by atoms with E-state index >= 15 is 0 Å². The Bertz CT molecular complexity index is 1110. The Morgan fingerprint density at radius 2 is 2.18 bits per heavy atom. The number of nitrogens with zero attached hydrogens (tertiary/aromatic N) is 4. The molecular formula is C15H19N7O2S4. The molecule has 0 aliphatic heterocycles. The number of aromatic nitrogens is 4. The Kier molecular flexibility index (Phi) is 6.37. The van der Waals surface area contributed by atoms with Gasteiger partial charge in [0, 0.05) is 35.5 Å². The fraction of sp³-hybridized carbons (Fsp3) is 0.333. The van der Waals surface area contributed by atoms with Crippen molar-refractivity contribution in [3.05, 3.63) is 28.2 Å². The van der Waals surface area contributed by atoms with Gasteiger partial charge in [0.25, 0.3) is 0 Å². The third-order valence-electron chi connectivity index (χ3n) is 3.76. The van der Waals surface area contributed by atoms with Gasteiger partial charge in [-0.2, -0.15) is 9.97 Å². The molecule has 9 nitrogen and oxygen atoms in total. The number of rotatable bonds is 8. The van der Waals surface area contributed by atoms with Crippen molar-refractivity contribution < 1.29 is 8.42 Å². The highest BCUT2D eigenvalue weighted by Crippen LogP contribution is 2.25. The maximum Gasteiger partial charge on any atom is 0.224 e. The van der Waals surface area contributed by atoms with E-state index in [2.05, 4.69) is 20.3 Å². The first-order chi connectivity index (χ1) is 13.2. The second-order valence-corrected chi connectivity index (χ2v) is 11.8. The molecule has 28 heavy (non-hydrogen) atoms. The number of nitrogens with one attached hydrogen (secondary N) is 1. The van der Waals surface area contributed by atoms with Gasteiger partial charge in [-0.1, -0.05) is 12.2 Å². The molecule has 0 aromatic carbocycles. The predicted octanol–water partition coefficient (Wildman–Crippen LogP) is 1.60. The van der Waals surface area contributed by atoms with Crippen LogP contribution in [0, 0.1) is 0 Å². The van der Waals surface area contributed by atoms with Crippen molar-refractivity contribution in [3.8, 4) is 0 Å². The van der Waals surface area contributed by atoms with Gasteiger partial charge < -0.3 is 21.4 Å². The van der Waals surface area contributed by atoms with Crippen molar-refractivity contribution in [1.82, 2.24) is 24.8 Å². The zero-order valence-corrected chi connectivity index (χ0v) is 18.2. The van der Waals surface area contributed by atoms with Gasteiger partial charge >= 0.3 is 0 Å². The van der Waals surface area contributed by atoms with Crippen molar-refractivity contribution in [2.45, 2.75) is 18.7 Å². The minimum absolute atomic E-state index is 0.114. The molecule has 0 radical (unpaired) electrons. The fourth-order valence-electron chi connectivity index (χ4n) is 2.51. The van der Waals surface area contributed by atoms with E-state index in [1.807, 2.05) is 16.0 Å². The number of thiophene rings is 1. The van der Waals surface area contributed by atoms with E-state index in [1.54, 1.807) is 6.33 Å². The summed E-state index contributed by atoms with van der Waals surface area (Å²) in [6, 6.07) is 1.91. The molecule has 0 atom stereocenters. The molecule has 150 valence electrons. The first-order valence-corrected chi connectivity index (χ1v) is 12.9. The Morgan fingerprint density at radius 3 is 2.93 bits per heavy atom. The van der Waals surface area contributed by atoms with Crippen LogP contribution in [0.1, 0.15) is 16.9 Å². The summed E-state index contributed by atoms with van der Waals surface area (Å²) in [5.74, 6) is 0.762. The summed E-state index contributed by atoms with van der Waals surface area (Å²) in [7, 11) is -2.18. The summed E-state index contributed by atoms with van der Waals surface area (Å²) in [5, 5.41) is 5.13. The van der Waals surface area contributed by atoms with E-state index in [-0.39, 0.29) is 11.8 Å². The van der Waals surface area contributed by atoms with E-state index < -0.39 is 8.87 Å². The first-order valence-electron chi connectivity index (χ1n) is 8.17. The molecule has 3 heterocycles. The molecule has 0 unspecified atom stereocenters. The summed E-state index contributed by atoms with van der Waals surface area (Å²) < 4.78 is 24.6. The number of imidazole rings is 1. The number of hydrogen-bond donors (Lipinski definition) is 3. The molecule has 3 aromatic rings. The number of hydrogen-bond acceptors (Lipinski definition) is 10. The van der Waals surface area contributed by atoms with Crippen LogP contribution in [0.3, 0.4) is 0 Å². The first kappa shape index (κ1) is 20.8. The number of nitrogens with two attached hydrogens (primary N) is 2. The smallest absolute Gasteiger partial charge is 0.224 e. The van der Waals surface area contributed by atoms with Crippen LogP contribution in [-0.2, 0) is 21.2 Å². The van der Waals surface area contributed by atoms with Crippen LogP contribution < -0.4 is 16.8 Å². The van der Waals surface area contributed by atoms with Crippen LogP contribution >= 0.6 is 34.3 Å². The van der Waals surface area contributed by atoms with Crippen LogP contribution in [0.4, 0.5) is 11.8 Å². The van der Waals surface area contributed by atoms with E-state index in [1.165, 1.54) is 17.6 Å². The molecule has 13 heteroatoms. The maximum atomic E-state index is 11.4. The lowest BCUT2D eigenvalue weighted by molar-refractivity contribution is 0.615. The highest BCUT2D eigenvalue weighted by Gasteiger charge is 2.13. The van der Waals surface area contributed by atoms with Crippen LogP contribution in [-0.4, -0.2) is 45.7 Å². The highest BCUT2D eigenvalue weighted by molar-refractivity contribution is 8.71. The molecule has 0 aliphatic carbocycles. The summed E-state index contributed by atoms with van der Waals surface area (Å²) in [5.41, 5.74) is 13.5. The second-order valence-electron chi connectivity index (χ2n) is 5.91. The van der Waals surface area contributed by atoms with Gasteiger partial charge in [-0.05, 0) is 28.7 Å². The second kappa shape index (κ2) is 8.59. The molecule has 0 spiro atoms. The van der Waals surface area contributed by atoms with Crippen LogP contribution in [0.5, 0.6) is 0 Å². The lowest BCUT2D eigenvalue weighted by Gasteiger charge is -2.09. The Labute approximate surface area is 175 Å². The van der Waals surface area contributed by atoms with Gasteiger partial charge in [0.15, 0.2) is 20.3 Å². The molecule has 0 amide bonds. The van der Waals surface area contributed by atoms with Crippen LogP contribution in [0.15, 0.2) is 17.8 Å². The zero-order valence-electron chi connectivity index (χ0n) is 15.0. The van der Waals surface area contributed by atoms with E-state index in [0.29, 0.717) is 35.0 Å². The summed E-state index contributed by atoms with van der Waals surface area (Å²) in [6.07, 6.45) is 3.63. The molecule has 0 bridgehead atoms. The minimum Gasteiger partial charge on any atom is -0.382 e. The van der Waals surface area contributed by atoms with E-state index in [4.69, 9.17) is 23.7 Å². The predicted molar refractivity (Wildman–Crippen MR) is 119 cm³/mol. The topological polar surface area (TPSA) is 142 Å². The molecule has 0 saturated carbocycles. The van der Waals surface area contributed by atoms with Gasteiger partial charge in [-0.3, -0.25) is 0 Å². The average Bonchev–Trinajstić information content (AvgIpc) is 3.23. The summed E-state index contributed by atoms with van der Waals surface area (Å²) in [6.45, 7) is 1.30. The molecule has 3 aromatic heterocycles. The molecule has 0 saturated heterocycles. The standard InChI is InChI=1S/C15H19N7O2S4/c1-28(23,24)27-7-10-9(3-6-26-10)14(25)18-4-2-5-22-8-19-11-12(16)20-15(17)21-13(11)22/h3,6,8H,2,4-5,7H2,1H3,(H,18,25)(H4,16,17,20,21). The number of thiocarbonyl (C=S) groups is 1. The van der Waals surface area contributed by atoms with Gasteiger partial charge in [-0.25, -0.2) is 13.4 Å². The maximum absolute atomic E-state index is 11.4. The van der Waals surface area contributed by atoms with E-state index in [9.17, 15) is 8.42 Å². The van der Waals surface area contributed by atoms with Crippen molar-refractivity contribution in [1.29, 1.82) is 0 Å². The Hall–Kier alpha value is -1.96. The zero-order chi connectivity index (χ0) is 20.3. The molecular weight excluding hydrogens is 438 g/mol. The van der Waals surface area contributed by atoms with Crippen molar-refractivity contribution in [3.63, 3.8) is 0 Å². The number of nitrogen functional groups attached to an aromatic ring is 2. The quantitative estimate of drug-likeness (QED) is 0.259. The van der Waals surface area contributed by atoms with Gasteiger partial charge in [-0.15, -0.1) is 11.3 Å². The lowest BCUT2D eigenvalue weighted by atomic mass is 10.2. The Morgan fingerprint density at radius 1 is 1.39 bits per heavy atom. The van der Waals surface area contributed by atoms with Crippen molar-refractivity contribution in [2.75, 3.05) is 24.3 Å². The van der Waals surface area contributed by atoms with Crippen LogP contribution in [0.25, 0.3) is 11.2 Å². The SMILES string of the molecule is CS(=O)(=O)SCc1sccc1C(=S)NCCCn1cnc2c(N)nc(N)nc21. The normalized spacial score (nSPS) is 11.8. The highest BCUT2D eigenvalue weighted by atomic mass is 33.1. The third kappa shape index (κ3) is 5.10. The third-order valence-corrected chi connectivity index (χ3v) is 7.70. The number of fused-ring (bicyclic) bond motifs is 1. The number of anilines is 2. The van der Waals surface area contributed by atoms with Crippen molar-refractivity contribution in [2.24, 2.45) is 0 Å². The molecule has 0 fully saturated rings. The lowest BCUT2D eigenvalue weighted by Crippen LogP contribution is -2.24. The van der Waals surface area contributed by atoms with Crippen molar-refractivity contribution >= 4 is 71.1 Å². The summed E-state index contributed by atoms with van der Waals surface area (Å²) in [4.78, 5) is 13.9. The monoisotopic (exact) mass is 457 g/mol. The molecule has 5 N–H and O–H groups in total. The summed E-state index contributed by atoms with van der Waals surface area (Å²) >= 11 is 6.95. The van der Waals surface area contributed by atoms with Gasteiger partial charge in [0.1, 0.15) is 10.5 Å². The van der Waals surface area contributed by atoms with Gasteiger partial charge in [0.05, 0.1) is 6.33 Å². The number of aryl methyl sites for hydroxylation is 1. The average molecular weight is 458 g/mol. The van der Waals surface area contributed by atoms with Crippen LogP contribution in [0.2, 0.25) is 0 Å². The fourth-order valence-corrected chi connectivity index (χ4v) is 5.68.